The highest BCUT2D eigenvalue weighted by molar-refractivity contribution is 14.1. The fourth-order valence-corrected chi connectivity index (χ4v) is 2.14. The normalized spacial score (nSPS) is 9.88. The van der Waals surface area contributed by atoms with Crippen molar-refractivity contribution in [2.24, 2.45) is 0 Å². The summed E-state index contributed by atoms with van der Waals surface area (Å²) in [6, 6.07) is 6.59. The van der Waals surface area contributed by atoms with Crippen LogP contribution in [0.25, 0.3) is 0 Å². The Labute approximate surface area is 109 Å². The number of anilines is 1. The van der Waals surface area contributed by atoms with Gasteiger partial charge in [-0.3, -0.25) is 0 Å². The first-order chi connectivity index (χ1) is 7.72. The van der Waals surface area contributed by atoms with E-state index in [2.05, 4.69) is 29.5 Å². The first-order valence-electron chi connectivity index (χ1n) is 5.23. The quantitative estimate of drug-likeness (QED) is 0.611. The van der Waals surface area contributed by atoms with Crippen LogP contribution in [0.5, 0.6) is 0 Å². The van der Waals surface area contributed by atoms with Gasteiger partial charge in [-0.15, -0.1) is 0 Å². The highest BCUT2D eigenvalue weighted by Gasteiger charge is 2.10. The van der Waals surface area contributed by atoms with Gasteiger partial charge in [0.15, 0.2) is 0 Å². The van der Waals surface area contributed by atoms with E-state index in [1.165, 1.54) is 6.07 Å². The van der Waals surface area contributed by atoms with E-state index in [9.17, 15) is 4.39 Å². The lowest BCUT2D eigenvalue weighted by molar-refractivity contribution is 0.617. The molecule has 0 amide bonds. The molecule has 0 heterocycles. The molecule has 4 heteroatoms. The van der Waals surface area contributed by atoms with Crippen molar-refractivity contribution in [1.29, 1.82) is 5.26 Å². The Bertz CT molecular complexity index is 381. The van der Waals surface area contributed by atoms with Crippen molar-refractivity contribution in [3.05, 3.63) is 29.6 Å². The Kier molecular flexibility index (Phi) is 5.53. The zero-order valence-corrected chi connectivity index (χ0v) is 11.4. The zero-order chi connectivity index (χ0) is 12.0. The van der Waals surface area contributed by atoms with Gasteiger partial charge in [0, 0.05) is 17.5 Å². The van der Waals surface area contributed by atoms with Crippen molar-refractivity contribution in [2.75, 3.05) is 22.4 Å². The molecule has 0 aromatic heterocycles. The number of benzene rings is 1. The van der Waals surface area contributed by atoms with Crippen LogP contribution < -0.4 is 4.90 Å². The maximum atomic E-state index is 13.7. The van der Waals surface area contributed by atoms with Gasteiger partial charge < -0.3 is 4.90 Å². The third-order valence-electron chi connectivity index (χ3n) is 2.27. The Hall–Kier alpha value is -0.830. The molecular formula is C12H14FIN2. The third-order valence-corrected chi connectivity index (χ3v) is 2.75. The van der Waals surface area contributed by atoms with Gasteiger partial charge in [-0.05, 0) is 24.6 Å². The van der Waals surface area contributed by atoms with Gasteiger partial charge in [-0.2, -0.15) is 5.26 Å². The summed E-state index contributed by atoms with van der Waals surface area (Å²) in [5.74, 6) is -0.308. The third kappa shape index (κ3) is 3.34. The predicted molar refractivity (Wildman–Crippen MR) is 72.5 cm³/mol. The van der Waals surface area contributed by atoms with Crippen LogP contribution in [-0.4, -0.2) is 17.5 Å². The molecule has 0 bridgehead atoms. The monoisotopic (exact) mass is 332 g/mol. The van der Waals surface area contributed by atoms with Crippen molar-refractivity contribution in [1.82, 2.24) is 0 Å². The molecule has 0 spiro atoms. The molecule has 0 saturated carbocycles. The number of hydrogen-bond donors (Lipinski definition) is 0. The Morgan fingerprint density at radius 2 is 2.19 bits per heavy atom. The van der Waals surface area contributed by atoms with E-state index in [4.69, 9.17) is 5.26 Å². The number of hydrogen-bond acceptors (Lipinski definition) is 2. The maximum Gasteiger partial charge on any atom is 0.147 e. The lowest BCUT2D eigenvalue weighted by Crippen LogP contribution is -2.27. The second-order valence-electron chi connectivity index (χ2n) is 3.45. The molecule has 86 valence electrons. The summed E-state index contributed by atoms with van der Waals surface area (Å²) in [5.41, 5.74) is 0.963. The number of nitrogens with zero attached hydrogens (tertiary/aromatic N) is 2. The van der Waals surface area contributed by atoms with Crippen LogP contribution in [0.1, 0.15) is 18.9 Å². The van der Waals surface area contributed by atoms with Crippen LogP contribution in [-0.2, 0) is 0 Å². The molecule has 2 nitrogen and oxygen atoms in total. The Morgan fingerprint density at radius 1 is 1.44 bits per heavy atom. The summed E-state index contributed by atoms with van der Waals surface area (Å²) in [6.07, 6.45) is 0.982. The Morgan fingerprint density at radius 3 is 2.69 bits per heavy atom. The van der Waals surface area contributed by atoms with Crippen molar-refractivity contribution in [3.8, 4) is 6.07 Å². The number of halogens is 2. The molecule has 0 saturated heterocycles. The smallest absolute Gasteiger partial charge is 0.147 e. The highest BCUT2D eigenvalue weighted by atomic mass is 127. The minimum Gasteiger partial charge on any atom is -0.368 e. The molecule has 0 unspecified atom stereocenters. The molecule has 0 aliphatic heterocycles. The fourth-order valence-electron chi connectivity index (χ4n) is 1.56. The van der Waals surface area contributed by atoms with Gasteiger partial charge in [0.2, 0.25) is 0 Å². The first kappa shape index (κ1) is 13.2. The summed E-state index contributed by atoms with van der Waals surface area (Å²) in [5, 5.41) is 8.67. The second-order valence-corrected chi connectivity index (χ2v) is 4.53. The molecule has 1 aromatic rings. The average Bonchev–Trinajstić information content (AvgIpc) is 2.29. The summed E-state index contributed by atoms with van der Waals surface area (Å²) >= 11 is 2.28. The van der Waals surface area contributed by atoms with E-state index in [1.54, 1.807) is 12.1 Å². The van der Waals surface area contributed by atoms with Crippen LogP contribution in [0, 0.1) is 17.1 Å². The lowest BCUT2D eigenvalue weighted by Gasteiger charge is -2.23. The largest absolute Gasteiger partial charge is 0.368 e. The van der Waals surface area contributed by atoms with Gasteiger partial charge in [-0.1, -0.05) is 29.5 Å². The minimum absolute atomic E-state index is 0.308. The number of rotatable bonds is 5. The molecule has 0 radical (unpaired) electrons. The summed E-state index contributed by atoms with van der Waals surface area (Å²) < 4.78 is 14.7. The molecule has 0 N–H and O–H groups in total. The number of alkyl halides is 1. The lowest BCUT2D eigenvalue weighted by atomic mass is 10.2. The standard InChI is InChI=1S/C12H14FIN2/c1-2-6-16(7-5-14)12-4-3-10(9-15)8-11(12)13/h3-4,8H,2,5-7H2,1H3. The molecule has 1 rings (SSSR count). The van der Waals surface area contributed by atoms with Crippen LogP contribution in [0.3, 0.4) is 0 Å². The molecule has 0 fully saturated rings. The van der Waals surface area contributed by atoms with Crippen LogP contribution in [0.15, 0.2) is 18.2 Å². The van der Waals surface area contributed by atoms with Gasteiger partial charge in [0.1, 0.15) is 5.82 Å². The van der Waals surface area contributed by atoms with E-state index in [0.29, 0.717) is 11.3 Å². The van der Waals surface area contributed by atoms with Gasteiger partial charge in [0.25, 0.3) is 0 Å². The summed E-state index contributed by atoms with van der Waals surface area (Å²) in [6.45, 7) is 3.74. The van der Waals surface area contributed by atoms with Crippen molar-refractivity contribution < 1.29 is 4.39 Å². The van der Waals surface area contributed by atoms with E-state index in [1.807, 2.05) is 11.0 Å². The van der Waals surface area contributed by atoms with Gasteiger partial charge in [0.05, 0.1) is 17.3 Å². The minimum atomic E-state index is -0.308. The maximum absolute atomic E-state index is 13.7. The van der Waals surface area contributed by atoms with E-state index in [0.717, 1.165) is 23.9 Å². The van der Waals surface area contributed by atoms with Gasteiger partial charge >= 0.3 is 0 Å². The first-order valence-corrected chi connectivity index (χ1v) is 6.76. The molecule has 0 atom stereocenters. The van der Waals surface area contributed by atoms with Crippen LogP contribution in [0.4, 0.5) is 10.1 Å². The van der Waals surface area contributed by atoms with Crippen molar-refractivity contribution >= 4 is 28.3 Å². The summed E-state index contributed by atoms with van der Waals surface area (Å²) in [4.78, 5) is 2.02. The van der Waals surface area contributed by atoms with Crippen LogP contribution in [0.2, 0.25) is 0 Å². The SMILES string of the molecule is CCCN(CCI)c1ccc(C#N)cc1F. The Balaban J connectivity index is 2.96. The zero-order valence-electron chi connectivity index (χ0n) is 9.21. The summed E-state index contributed by atoms with van der Waals surface area (Å²) in [7, 11) is 0. The molecule has 0 aliphatic rings. The van der Waals surface area contributed by atoms with Crippen molar-refractivity contribution in [2.45, 2.75) is 13.3 Å². The van der Waals surface area contributed by atoms with Crippen molar-refractivity contribution in [3.63, 3.8) is 0 Å². The van der Waals surface area contributed by atoms with E-state index in [-0.39, 0.29) is 5.82 Å². The second kappa shape index (κ2) is 6.69. The predicted octanol–water partition coefficient (Wildman–Crippen LogP) is 3.35. The topological polar surface area (TPSA) is 27.0 Å². The van der Waals surface area contributed by atoms with E-state index >= 15 is 0 Å². The average molecular weight is 332 g/mol. The molecular weight excluding hydrogens is 318 g/mol. The van der Waals surface area contributed by atoms with Crippen LogP contribution >= 0.6 is 22.6 Å². The van der Waals surface area contributed by atoms with Gasteiger partial charge in [-0.25, -0.2) is 4.39 Å². The number of nitriles is 1. The highest BCUT2D eigenvalue weighted by Crippen LogP contribution is 2.20. The molecule has 1 aromatic carbocycles. The fraction of sp³-hybridized carbons (Fsp3) is 0.417. The molecule has 16 heavy (non-hydrogen) atoms. The molecule has 0 aliphatic carbocycles. The van der Waals surface area contributed by atoms with E-state index < -0.39 is 0 Å².